The molecule has 1 aliphatic heterocycles. The van der Waals surface area contributed by atoms with Crippen LogP contribution >= 0.6 is 0 Å². The van der Waals surface area contributed by atoms with Crippen LogP contribution in [0.5, 0.6) is 0 Å². The molecule has 1 aliphatic rings. The van der Waals surface area contributed by atoms with Crippen molar-refractivity contribution in [3.63, 3.8) is 0 Å². The number of nitro benzene ring substituents is 1. The highest BCUT2D eigenvalue weighted by atomic mass is 16.6. The van der Waals surface area contributed by atoms with Gasteiger partial charge in [-0.15, -0.1) is 0 Å². The van der Waals surface area contributed by atoms with E-state index in [1.165, 1.54) is 18.2 Å². The molecule has 3 rings (SSSR count). The highest BCUT2D eigenvalue weighted by molar-refractivity contribution is 6.06. The number of aromatic nitrogens is 1. The number of nitro groups is 1. The van der Waals surface area contributed by atoms with Crippen molar-refractivity contribution in [1.29, 1.82) is 0 Å². The number of rotatable bonds is 5. The van der Waals surface area contributed by atoms with E-state index in [1.807, 2.05) is 0 Å². The van der Waals surface area contributed by atoms with E-state index in [-0.39, 0.29) is 54.8 Å². The van der Waals surface area contributed by atoms with Crippen LogP contribution in [0, 0.1) is 15.5 Å². The number of fused-ring (bicyclic) bond motifs is 1. The third-order valence-electron chi connectivity index (χ3n) is 4.77. The molecule has 10 nitrogen and oxygen atoms in total. The Bertz CT molecular complexity index is 976. The minimum atomic E-state index is -1.14. The number of carbonyl (C=O) groups is 2. The van der Waals surface area contributed by atoms with Crippen molar-refractivity contribution < 1.29 is 24.4 Å². The standard InChI is InChI=1S/C17H17N3O7/c21-14-8-12(11-7-10(20(25)26)1-2-13(11)19-14)15(22)18-9-17(16(23)24)3-5-27-6-4-17/h1-2,7-8H,3-6,9H2,(H,18,22)(H,19,21)(H,23,24). The average Bonchev–Trinajstić information content (AvgIpc) is 2.65. The minimum Gasteiger partial charge on any atom is -0.481 e. The molecule has 1 aromatic heterocycles. The third-order valence-corrected chi connectivity index (χ3v) is 4.77. The zero-order chi connectivity index (χ0) is 19.6. The van der Waals surface area contributed by atoms with Gasteiger partial charge in [-0.05, 0) is 18.9 Å². The topological polar surface area (TPSA) is 152 Å². The summed E-state index contributed by atoms with van der Waals surface area (Å²) in [5, 5.41) is 23.3. The molecule has 1 amide bonds. The second kappa shape index (κ2) is 7.16. The van der Waals surface area contributed by atoms with Gasteiger partial charge < -0.3 is 20.1 Å². The molecule has 142 valence electrons. The van der Waals surface area contributed by atoms with E-state index in [9.17, 15) is 29.6 Å². The lowest BCUT2D eigenvalue weighted by atomic mass is 9.80. The first-order chi connectivity index (χ1) is 12.8. The van der Waals surface area contributed by atoms with Gasteiger partial charge in [0.15, 0.2) is 0 Å². The second-order valence-corrected chi connectivity index (χ2v) is 6.41. The number of non-ortho nitro benzene ring substituents is 1. The largest absolute Gasteiger partial charge is 0.481 e. The van der Waals surface area contributed by atoms with Crippen molar-refractivity contribution in [1.82, 2.24) is 10.3 Å². The SMILES string of the molecule is O=C(NCC1(C(=O)O)CCOCC1)c1cc(=O)[nH]c2ccc([N+](=O)[O-])cc12. The van der Waals surface area contributed by atoms with Crippen LogP contribution in [-0.4, -0.2) is 46.6 Å². The number of hydrogen-bond donors (Lipinski definition) is 3. The number of nitrogens with one attached hydrogen (secondary N) is 2. The fraction of sp³-hybridized carbons (Fsp3) is 0.353. The summed E-state index contributed by atoms with van der Waals surface area (Å²) in [7, 11) is 0. The maximum Gasteiger partial charge on any atom is 0.311 e. The van der Waals surface area contributed by atoms with Gasteiger partial charge in [-0.25, -0.2) is 0 Å². The quantitative estimate of drug-likeness (QED) is 0.521. The zero-order valence-electron chi connectivity index (χ0n) is 14.2. The van der Waals surface area contributed by atoms with Crippen LogP contribution in [0.3, 0.4) is 0 Å². The number of ether oxygens (including phenoxy) is 1. The summed E-state index contributed by atoms with van der Waals surface area (Å²) in [5.74, 6) is -1.70. The Morgan fingerprint density at radius 2 is 2.00 bits per heavy atom. The first kappa shape index (κ1) is 18.5. The van der Waals surface area contributed by atoms with E-state index in [4.69, 9.17) is 4.74 Å². The number of carboxylic acids is 1. The minimum absolute atomic E-state index is 0.0509. The van der Waals surface area contributed by atoms with Crippen LogP contribution in [0.1, 0.15) is 23.2 Å². The van der Waals surface area contributed by atoms with E-state index in [0.29, 0.717) is 0 Å². The predicted molar refractivity (Wildman–Crippen MR) is 93.7 cm³/mol. The van der Waals surface area contributed by atoms with Gasteiger partial charge in [-0.2, -0.15) is 0 Å². The summed E-state index contributed by atoms with van der Waals surface area (Å²) in [4.78, 5) is 49.0. The Balaban J connectivity index is 1.93. The van der Waals surface area contributed by atoms with Gasteiger partial charge in [0.25, 0.3) is 11.6 Å². The van der Waals surface area contributed by atoms with E-state index >= 15 is 0 Å². The molecule has 0 unspecified atom stereocenters. The maximum atomic E-state index is 12.6. The molecular formula is C17H17N3O7. The molecule has 10 heteroatoms. The molecule has 3 N–H and O–H groups in total. The van der Waals surface area contributed by atoms with E-state index in [0.717, 1.165) is 6.07 Å². The van der Waals surface area contributed by atoms with Gasteiger partial charge >= 0.3 is 5.97 Å². The zero-order valence-corrected chi connectivity index (χ0v) is 14.2. The number of benzene rings is 1. The predicted octanol–water partition coefficient (Wildman–Crippen LogP) is 1.05. The van der Waals surface area contributed by atoms with Crippen molar-refractivity contribution in [2.45, 2.75) is 12.8 Å². The molecule has 1 fully saturated rings. The Labute approximate surface area is 152 Å². The van der Waals surface area contributed by atoms with Gasteiger partial charge in [0, 0.05) is 48.9 Å². The number of carbonyl (C=O) groups excluding carboxylic acids is 1. The maximum absolute atomic E-state index is 12.6. The van der Waals surface area contributed by atoms with Crippen LogP contribution in [0.15, 0.2) is 29.1 Å². The smallest absolute Gasteiger partial charge is 0.311 e. The monoisotopic (exact) mass is 375 g/mol. The molecule has 1 aromatic carbocycles. The molecule has 2 aromatic rings. The molecule has 0 spiro atoms. The van der Waals surface area contributed by atoms with Crippen molar-refractivity contribution in [2.24, 2.45) is 5.41 Å². The van der Waals surface area contributed by atoms with Crippen molar-refractivity contribution >= 4 is 28.5 Å². The lowest BCUT2D eigenvalue weighted by molar-refractivity contribution is -0.384. The Morgan fingerprint density at radius 1 is 1.30 bits per heavy atom. The van der Waals surface area contributed by atoms with Crippen molar-refractivity contribution in [3.05, 3.63) is 50.3 Å². The molecule has 2 heterocycles. The van der Waals surface area contributed by atoms with Gasteiger partial charge in [0.05, 0.1) is 15.9 Å². The molecule has 0 radical (unpaired) electrons. The van der Waals surface area contributed by atoms with Crippen LogP contribution in [0.25, 0.3) is 10.9 Å². The number of H-pyrrole nitrogens is 1. The fourth-order valence-corrected chi connectivity index (χ4v) is 3.12. The third kappa shape index (κ3) is 3.65. The Morgan fingerprint density at radius 3 is 2.63 bits per heavy atom. The van der Waals surface area contributed by atoms with Gasteiger partial charge in [-0.3, -0.25) is 24.5 Å². The Kier molecular flexibility index (Phi) is 4.91. The summed E-state index contributed by atoms with van der Waals surface area (Å²) in [5.41, 5.74) is -1.69. The highest BCUT2D eigenvalue weighted by Gasteiger charge is 2.40. The molecular weight excluding hydrogens is 358 g/mol. The molecule has 0 atom stereocenters. The van der Waals surface area contributed by atoms with Gasteiger partial charge in [0.2, 0.25) is 5.56 Å². The summed E-state index contributed by atoms with van der Waals surface area (Å²) in [6.45, 7) is 0.429. The van der Waals surface area contributed by atoms with Crippen LogP contribution in [0.4, 0.5) is 5.69 Å². The van der Waals surface area contributed by atoms with Crippen LogP contribution < -0.4 is 10.9 Å². The summed E-state index contributed by atoms with van der Waals surface area (Å²) in [6, 6.07) is 4.81. The number of amides is 1. The van der Waals surface area contributed by atoms with Gasteiger partial charge in [0.1, 0.15) is 0 Å². The first-order valence-electron chi connectivity index (χ1n) is 8.23. The molecule has 27 heavy (non-hydrogen) atoms. The Hall–Kier alpha value is -3.27. The summed E-state index contributed by atoms with van der Waals surface area (Å²) < 4.78 is 5.19. The molecule has 1 saturated heterocycles. The highest BCUT2D eigenvalue weighted by Crippen LogP contribution is 2.30. The number of aliphatic carboxylic acids is 1. The summed E-state index contributed by atoms with van der Waals surface area (Å²) >= 11 is 0. The molecule has 0 bridgehead atoms. The molecule has 0 saturated carbocycles. The van der Waals surface area contributed by atoms with Crippen molar-refractivity contribution in [3.8, 4) is 0 Å². The van der Waals surface area contributed by atoms with E-state index < -0.39 is 27.8 Å². The van der Waals surface area contributed by atoms with Gasteiger partial charge in [-0.1, -0.05) is 0 Å². The number of hydrogen-bond acceptors (Lipinski definition) is 6. The lowest BCUT2D eigenvalue weighted by Crippen LogP contribution is -2.46. The normalized spacial score (nSPS) is 16.0. The summed E-state index contributed by atoms with van der Waals surface area (Å²) in [6.07, 6.45) is 0.508. The first-order valence-corrected chi connectivity index (χ1v) is 8.23. The van der Waals surface area contributed by atoms with Crippen LogP contribution in [0.2, 0.25) is 0 Å². The molecule has 0 aliphatic carbocycles. The van der Waals surface area contributed by atoms with Crippen molar-refractivity contribution in [2.75, 3.05) is 19.8 Å². The average molecular weight is 375 g/mol. The number of aromatic amines is 1. The lowest BCUT2D eigenvalue weighted by Gasteiger charge is -2.33. The van der Waals surface area contributed by atoms with Crippen LogP contribution in [-0.2, 0) is 9.53 Å². The van der Waals surface area contributed by atoms with E-state index in [1.54, 1.807) is 0 Å². The number of pyridine rings is 1. The number of carboxylic acid groups (broad SMARTS) is 1. The van der Waals surface area contributed by atoms with E-state index in [2.05, 4.69) is 10.3 Å². The number of nitrogens with zero attached hydrogens (tertiary/aromatic N) is 1. The fourth-order valence-electron chi connectivity index (χ4n) is 3.12. The second-order valence-electron chi connectivity index (χ2n) is 6.41.